The van der Waals surface area contributed by atoms with Crippen LogP contribution in [0.5, 0.6) is 0 Å². The molecule has 0 spiro atoms. The molecule has 0 saturated carbocycles. The number of amides is 4. The first-order chi connectivity index (χ1) is 15.6. The molecule has 180 valence electrons. The van der Waals surface area contributed by atoms with E-state index in [1.165, 1.54) is 4.90 Å². The summed E-state index contributed by atoms with van der Waals surface area (Å²) in [5.41, 5.74) is 0.787. The minimum absolute atomic E-state index is 0.183. The van der Waals surface area contributed by atoms with Gasteiger partial charge in [0.05, 0.1) is 5.92 Å². The number of carboxylic acids is 1. The van der Waals surface area contributed by atoms with Crippen LogP contribution in [-0.2, 0) is 20.7 Å². The van der Waals surface area contributed by atoms with Gasteiger partial charge >= 0.3 is 18.1 Å². The fraction of sp³-hybridized carbons (Fsp3) is 0.609. The van der Waals surface area contributed by atoms with Gasteiger partial charge in [-0.1, -0.05) is 27.7 Å². The Morgan fingerprint density at radius 3 is 2.09 bits per heavy atom. The van der Waals surface area contributed by atoms with Crippen molar-refractivity contribution in [2.24, 2.45) is 17.8 Å². The van der Waals surface area contributed by atoms with Crippen LogP contribution in [0.1, 0.15) is 33.3 Å². The lowest BCUT2D eigenvalue weighted by Gasteiger charge is -2.46. The third-order valence-corrected chi connectivity index (χ3v) is 6.24. The Morgan fingerprint density at radius 1 is 1.03 bits per heavy atom. The number of urea groups is 1. The molecule has 33 heavy (non-hydrogen) atoms. The minimum Gasteiger partial charge on any atom is -0.480 e. The molecule has 10 heteroatoms. The van der Waals surface area contributed by atoms with Gasteiger partial charge in [0, 0.05) is 38.6 Å². The van der Waals surface area contributed by atoms with Crippen molar-refractivity contribution >= 4 is 24.0 Å². The Hall–Kier alpha value is -3.17. The summed E-state index contributed by atoms with van der Waals surface area (Å²) in [5.74, 6) is -2.14. The van der Waals surface area contributed by atoms with Crippen molar-refractivity contribution in [3.8, 4) is 0 Å². The largest absolute Gasteiger partial charge is 0.480 e. The number of aliphatic carboxylic acids is 1. The van der Waals surface area contributed by atoms with Crippen LogP contribution in [0.15, 0.2) is 24.5 Å². The number of β-lactam (4-membered cyclic amide) rings is 1. The third-order valence-electron chi connectivity index (χ3n) is 6.24. The van der Waals surface area contributed by atoms with Crippen molar-refractivity contribution < 1.29 is 29.0 Å². The molecular weight excluding hydrogens is 428 g/mol. The fourth-order valence-electron chi connectivity index (χ4n) is 4.48. The highest BCUT2D eigenvalue weighted by Crippen LogP contribution is 2.31. The first-order valence-corrected chi connectivity index (χ1v) is 11.3. The molecule has 4 amide bonds. The molecule has 3 heterocycles. The van der Waals surface area contributed by atoms with E-state index in [-0.39, 0.29) is 50.5 Å². The Labute approximate surface area is 193 Å². The van der Waals surface area contributed by atoms with Gasteiger partial charge in [-0.05, 0) is 36.0 Å². The van der Waals surface area contributed by atoms with Gasteiger partial charge in [0.15, 0.2) is 6.04 Å². The maximum Gasteiger partial charge on any atom is 0.410 e. The van der Waals surface area contributed by atoms with Crippen molar-refractivity contribution in [2.75, 3.05) is 26.2 Å². The smallest absolute Gasteiger partial charge is 0.410 e. The van der Waals surface area contributed by atoms with Crippen LogP contribution >= 0.6 is 0 Å². The van der Waals surface area contributed by atoms with E-state index in [2.05, 4.69) is 4.98 Å². The van der Waals surface area contributed by atoms with E-state index in [9.17, 15) is 24.3 Å². The quantitative estimate of drug-likeness (QED) is 0.645. The topological polar surface area (TPSA) is 120 Å². The lowest BCUT2D eigenvalue weighted by atomic mass is 9.82. The third kappa shape index (κ3) is 5.26. The molecule has 3 rings (SSSR count). The number of carbonyl (C=O) groups excluding carboxylic acids is 3. The highest BCUT2D eigenvalue weighted by molar-refractivity contribution is 6.07. The zero-order valence-electron chi connectivity index (χ0n) is 19.5. The second-order valence-electron chi connectivity index (χ2n) is 9.25. The molecule has 2 saturated heterocycles. The lowest BCUT2D eigenvalue weighted by Crippen LogP contribution is -2.70. The van der Waals surface area contributed by atoms with E-state index in [1.54, 1.807) is 29.4 Å². The summed E-state index contributed by atoms with van der Waals surface area (Å²) < 4.78 is 5.66. The molecule has 2 aliphatic heterocycles. The number of pyridine rings is 1. The number of nitrogens with zero attached hydrogens (tertiary/aromatic N) is 4. The van der Waals surface area contributed by atoms with Gasteiger partial charge in [0.2, 0.25) is 5.91 Å². The van der Waals surface area contributed by atoms with Crippen molar-refractivity contribution in [1.29, 1.82) is 0 Å². The number of ether oxygens (including phenoxy) is 1. The van der Waals surface area contributed by atoms with Gasteiger partial charge in [-0.2, -0.15) is 0 Å². The number of imide groups is 1. The number of rotatable bonds is 6. The number of carbonyl (C=O) groups is 4. The zero-order valence-corrected chi connectivity index (χ0v) is 19.5. The minimum atomic E-state index is -1.21. The van der Waals surface area contributed by atoms with Crippen molar-refractivity contribution in [3.63, 3.8) is 0 Å². The van der Waals surface area contributed by atoms with E-state index in [0.717, 1.165) is 10.5 Å². The number of aromatic nitrogens is 1. The highest BCUT2D eigenvalue weighted by Gasteiger charge is 2.55. The maximum atomic E-state index is 13.0. The maximum absolute atomic E-state index is 13.0. The first-order valence-electron chi connectivity index (χ1n) is 11.3. The first kappa shape index (κ1) is 24.5. The van der Waals surface area contributed by atoms with Gasteiger partial charge in [-0.15, -0.1) is 0 Å². The van der Waals surface area contributed by atoms with E-state index in [0.29, 0.717) is 0 Å². The van der Waals surface area contributed by atoms with Crippen LogP contribution in [0.25, 0.3) is 0 Å². The molecule has 2 fully saturated rings. The van der Waals surface area contributed by atoms with Crippen LogP contribution in [0.4, 0.5) is 9.59 Å². The van der Waals surface area contributed by atoms with Crippen LogP contribution in [0, 0.1) is 17.8 Å². The van der Waals surface area contributed by atoms with Gasteiger partial charge in [-0.3, -0.25) is 9.78 Å². The SMILES string of the molecule is CC(C)C(OC(=O)N1CCN(C(=O)N2C(=O)[C@H](Cc3ccncc3)[C@H]2C(=O)O)CC1)C(C)C. The van der Waals surface area contributed by atoms with Crippen molar-refractivity contribution in [3.05, 3.63) is 30.1 Å². The summed E-state index contributed by atoms with van der Waals surface area (Å²) in [6.45, 7) is 8.92. The summed E-state index contributed by atoms with van der Waals surface area (Å²) >= 11 is 0. The number of likely N-dealkylation sites (tertiary alicyclic amines) is 1. The summed E-state index contributed by atoms with van der Waals surface area (Å²) in [4.78, 5) is 57.8. The Morgan fingerprint density at radius 2 is 1.58 bits per heavy atom. The van der Waals surface area contributed by atoms with Gasteiger partial charge in [-0.25, -0.2) is 19.3 Å². The second-order valence-corrected chi connectivity index (χ2v) is 9.25. The average molecular weight is 461 g/mol. The predicted molar refractivity (Wildman–Crippen MR) is 118 cm³/mol. The van der Waals surface area contributed by atoms with Crippen LogP contribution in [-0.4, -0.2) is 87.1 Å². The summed E-state index contributed by atoms with van der Waals surface area (Å²) in [5, 5.41) is 9.66. The molecule has 2 atom stereocenters. The lowest BCUT2D eigenvalue weighted by molar-refractivity contribution is -0.166. The van der Waals surface area contributed by atoms with Gasteiger partial charge < -0.3 is 19.6 Å². The normalized spacial score (nSPS) is 20.9. The number of carboxylic acid groups (broad SMARTS) is 1. The molecule has 0 radical (unpaired) electrons. The summed E-state index contributed by atoms with van der Waals surface area (Å²) in [6.07, 6.45) is 2.76. The van der Waals surface area contributed by atoms with E-state index < -0.39 is 36.0 Å². The molecular formula is C23H32N4O6. The molecule has 2 aliphatic rings. The van der Waals surface area contributed by atoms with Crippen LogP contribution < -0.4 is 0 Å². The van der Waals surface area contributed by atoms with E-state index in [1.807, 2.05) is 27.7 Å². The van der Waals surface area contributed by atoms with Gasteiger partial charge in [0.25, 0.3) is 0 Å². The molecule has 1 N–H and O–H groups in total. The Kier molecular flexibility index (Phi) is 7.55. The van der Waals surface area contributed by atoms with E-state index >= 15 is 0 Å². The summed E-state index contributed by atoms with van der Waals surface area (Å²) in [6, 6.07) is 1.60. The fourth-order valence-corrected chi connectivity index (χ4v) is 4.48. The molecule has 0 aromatic carbocycles. The Bertz CT molecular complexity index is 874. The number of hydrogen-bond acceptors (Lipinski definition) is 6. The Balaban J connectivity index is 1.58. The standard InChI is InChI=1S/C23H32N4O6/c1-14(2)19(15(3)4)33-23(32)26-11-9-25(10-12-26)22(31)27-18(21(29)30)17(20(27)28)13-16-5-7-24-8-6-16/h5-8,14-15,17-19H,9-13H2,1-4H3,(H,29,30)/t17-,18+/m1/s1. The van der Waals surface area contributed by atoms with Crippen LogP contribution in [0.2, 0.25) is 0 Å². The molecule has 0 bridgehead atoms. The zero-order chi connectivity index (χ0) is 24.3. The molecule has 1 aromatic heterocycles. The highest BCUT2D eigenvalue weighted by atomic mass is 16.6. The average Bonchev–Trinajstić information content (AvgIpc) is 2.78. The predicted octanol–water partition coefficient (Wildman–Crippen LogP) is 2.09. The monoisotopic (exact) mass is 460 g/mol. The second kappa shape index (κ2) is 10.2. The van der Waals surface area contributed by atoms with Gasteiger partial charge in [0.1, 0.15) is 6.10 Å². The molecule has 1 aromatic rings. The van der Waals surface area contributed by atoms with Crippen molar-refractivity contribution in [1.82, 2.24) is 19.7 Å². The van der Waals surface area contributed by atoms with Crippen LogP contribution in [0.3, 0.4) is 0 Å². The molecule has 0 unspecified atom stereocenters. The van der Waals surface area contributed by atoms with E-state index in [4.69, 9.17) is 4.74 Å². The van der Waals surface area contributed by atoms with Crippen molar-refractivity contribution in [2.45, 2.75) is 46.3 Å². The number of hydrogen-bond donors (Lipinski definition) is 1. The summed E-state index contributed by atoms with van der Waals surface area (Å²) in [7, 11) is 0. The number of piperazine rings is 1. The molecule has 10 nitrogen and oxygen atoms in total. The molecule has 0 aliphatic carbocycles.